The summed E-state index contributed by atoms with van der Waals surface area (Å²) in [4.78, 5) is 25.4. The molecule has 15 heteroatoms. The second kappa shape index (κ2) is 28.8. The minimum absolute atomic E-state index is 0.171. The fraction of sp³-hybridized carbons (Fsp3) is 0.949. The first-order chi connectivity index (χ1) is 26.0. The highest BCUT2D eigenvalue weighted by Crippen LogP contribution is 2.26. The molecule has 0 spiro atoms. The quantitative estimate of drug-likeness (QED) is 0.0411. The molecule has 0 aromatic heterocycles. The Morgan fingerprint density at radius 2 is 0.944 bits per heavy atom. The van der Waals surface area contributed by atoms with Gasteiger partial charge in [0.25, 0.3) is 0 Å². The van der Waals surface area contributed by atoms with Gasteiger partial charge in [0.05, 0.1) is 19.8 Å². The summed E-state index contributed by atoms with van der Waals surface area (Å²) in [7, 11) is 0. The molecule has 7 N–H and O–H groups in total. The molecule has 15 nitrogen and oxygen atoms in total. The van der Waals surface area contributed by atoms with Crippen molar-refractivity contribution in [2.24, 2.45) is 0 Å². The fourth-order valence-corrected chi connectivity index (χ4v) is 6.57. The summed E-state index contributed by atoms with van der Waals surface area (Å²) in [5.74, 6) is -0.928. The second-order valence-electron chi connectivity index (χ2n) is 14.8. The summed E-state index contributed by atoms with van der Waals surface area (Å²) in [6, 6.07) is 0. The second-order valence-corrected chi connectivity index (χ2v) is 14.8. The summed E-state index contributed by atoms with van der Waals surface area (Å²) in [5, 5.41) is 71.5. The van der Waals surface area contributed by atoms with Crippen LogP contribution in [0.5, 0.6) is 0 Å². The molecular weight excluding hydrogens is 708 g/mol. The van der Waals surface area contributed by atoms with Crippen LogP contribution in [0.2, 0.25) is 0 Å². The highest BCUT2D eigenvalue weighted by molar-refractivity contribution is 5.70. The minimum Gasteiger partial charge on any atom is -0.462 e. The van der Waals surface area contributed by atoms with Gasteiger partial charge in [-0.1, -0.05) is 117 Å². The lowest BCUT2D eigenvalue weighted by Crippen LogP contribution is -2.61. The summed E-state index contributed by atoms with van der Waals surface area (Å²) in [6.07, 6.45) is 3.26. The van der Waals surface area contributed by atoms with Crippen LogP contribution in [0.3, 0.4) is 0 Å². The number of hydrogen-bond donors (Lipinski definition) is 7. The zero-order valence-electron chi connectivity index (χ0n) is 32.7. The highest BCUT2D eigenvalue weighted by Gasteiger charge is 2.47. The van der Waals surface area contributed by atoms with Crippen molar-refractivity contribution >= 4 is 11.9 Å². The van der Waals surface area contributed by atoms with Crippen LogP contribution in [0, 0.1) is 0 Å². The number of aliphatic hydroxyl groups excluding tert-OH is 7. The monoisotopic (exact) mass is 780 g/mol. The molecular formula is C39H72O15. The zero-order valence-corrected chi connectivity index (χ0v) is 32.7. The molecule has 0 aromatic carbocycles. The predicted octanol–water partition coefficient (Wildman–Crippen LogP) is 2.92. The van der Waals surface area contributed by atoms with Crippen molar-refractivity contribution in [1.82, 2.24) is 0 Å². The normalized spacial score (nSPS) is 29.2. The predicted molar refractivity (Wildman–Crippen MR) is 197 cm³/mol. The number of esters is 2. The van der Waals surface area contributed by atoms with Crippen molar-refractivity contribution in [1.29, 1.82) is 0 Å². The number of rotatable bonds is 30. The van der Waals surface area contributed by atoms with Crippen LogP contribution in [0.15, 0.2) is 0 Å². The summed E-state index contributed by atoms with van der Waals surface area (Å²) < 4.78 is 33.3. The molecule has 0 saturated carbocycles. The molecule has 0 aliphatic carbocycles. The Hall–Kier alpha value is -1.50. The van der Waals surface area contributed by atoms with Crippen LogP contribution in [0.1, 0.15) is 142 Å². The molecule has 0 aromatic rings. The Morgan fingerprint density at radius 3 is 1.44 bits per heavy atom. The van der Waals surface area contributed by atoms with Crippen molar-refractivity contribution in [3.05, 3.63) is 0 Å². The maximum atomic E-state index is 12.8. The molecule has 0 radical (unpaired) electrons. The van der Waals surface area contributed by atoms with E-state index in [1.807, 2.05) is 0 Å². The van der Waals surface area contributed by atoms with Gasteiger partial charge in [0, 0.05) is 12.8 Å². The van der Waals surface area contributed by atoms with Gasteiger partial charge in [0.1, 0.15) is 55.4 Å². The Bertz CT molecular complexity index is 970. The van der Waals surface area contributed by atoms with Gasteiger partial charge < -0.3 is 64.2 Å². The Morgan fingerprint density at radius 1 is 0.519 bits per heavy atom. The van der Waals surface area contributed by atoms with Gasteiger partial charge in [-0.25, -0.2) is 0 Å². The molecule has 2 fully saturated rings. The van der Waals surface area contributed by atoms with E-state index in [-0.39, 0.29) is 26.1 Å². The van der Waals surface area contributed by atoms with E-state index in [0.717, 1.165) is 38.5 Å². The topological polar surface area (TPSA) is 231 Å². The van der Waals surface area contributed by atoms with Crippen LogP contribution < -0.4 is 0 Å². The smallest absolute Gasteiger partial charge is 0.306 e. The van der Waals surface area contributed by atoms with E-state index < -0.39 is 92.7 Å². The lowest BCUT2D eigenvalue weighted by molar-refractivity contribution is -0.332. The number of unbranched alkanes of at least 4 members (excludes halogenated alkanes) is 16. The first kappa shape index (κ1) is 48.6. The van der Waals surface area contributed by atoms with Crippen LogP contribution in [-0.4, -0.2) is 142 Å². The SMILES string of the molecule is CCCCCCCCCCCCC(=O)OC(COC(=O)CCCCCCCCCC)COC1OC(COC2OC(CO)C(O)C(O)C2O)C(O)C(O)C1O. The first-order valence-electron chi connectivity index (χ1n) is 20.6. The van der Waals surface area contributed by atoms with E-state index in [1.165, 1.54) is 64.2 Å². The summed E-state index contributed by atoms with van der Waals surface area (Å²) in [6.45, 7) is 2.51. The average molecular weight is 781 g/mol. The number of carbonyl (C=O) groups excluding carboxylic acids is 2. The molecule has 0 bridgehead atoms. The van der Waals surface area contributed by atoms with Crippen LogP contribution >= 0.6 is 0 Å². The van der Waals surface area contributed by atoms with Crippen molar-refractivity contribution in [2.45, 2.75) is 210 Å². The van der Waals surface area contributed by atoms with Gasteiger partial charge in [-0.2, -0.15) is 0 Å². The third kappa shape index (κ3) is 18.6. The lowest BCUT2D eigenvalue weighted by atomic mass is 9.98. The van der Waals surface area contributed by atoms with Gasteiger partial charge in [0.2, 0.25) is 0 Å². The molecule has 2 rings (SSSR count). The van der Waals surface area contributed by atoms with Crippen LogP contribution in [0.25, 0.3) is 0 Å². The third-order valence-corrected chi connectivity index (χ3v) is 10.1. The first-order valence-corrected chi connectivity index (χ1v) is 20.6. The lowest BCUT2D eigenvalue weighted by Gasteiger charge is -2.42. The van der Waals surface area contributed by atoms with Gasteiger partial charge >= 0.3 is 11.9 Å². The van der Waals surface area contributed by atoms with E-state index >= 15 is 0 Å². The molecule has 11 atom stereocenters. The van der Waals surface area contributed by atoms with Gasteiger partial charge in [-0.15, -0.1) is 0 Å². The Balaban J connectivity index is 1.90. The van der Waals surface area contributed by atoms with Crippen molar-refractivity contribution in [3.63, 3.8) is 0 Å². The van der Waals surface area contributed by atoms with E-state index in [1.54, 1.807) is 0 Å². The maximum Gasteiger partial charge on any atom is 0.306 e. The molecule has 2 aliphatic heterocycles. The number of aliphatic hydroxyl groups is 7. The van der Waals surface area contributed by atoms with Crippen molar-refractivity contribution < 1.29 is 73.8 Å². The minimum atomic E-state index is -1.76. The Kier molecular flexibility index (Phi) is 26.0. The fourth-order valence-electron chi connectivity index (χ4n) is 6.57. The Labute approximate surface area is 321 Å². The third-order valence-electron chi connectivity index (χ3n) is 10.1. The van der Waals surface area contributed by atoms with E-state index in [4.69, 9.17) is 28.4 Å². The van der Waals surface area contributed by atoms with Gasteiger partial charge in [-0.3, -0.25) is 9.59 Å². The molecule has 318 valence electrons. The largest absolute Gasteiger partial charge is 0.462 e. The van der Waals surface area contributed by atoms with E-state index in [9.17, 15) is 45.3 Å². The molecule has 2 saturated heterocycles. The van der Waals surface area contributed by atoms with Crippen molar-refractivity contribution in [3.8, 4) is 0 Å². The number of hydrogen-bond acceptors (Lipinski definition) is 15. The van der Waals surface area contributed by atoms with Crippen LogP contribution in [0.4, 0.5) is 0 Å². The number of carbonyl (C=O) groups is 2. The molecule has 0 amide bonds. The highest BCUT2D eigenvalue weighted by atomic mass is 16.7. The van der Waals surface area contributed by atoms with Crippen molar-refractivity contribution in [2.75, 3.05) is 26.4 Å². The van der Waals surface area contributed by atoms with E-state index in [0.29, 0.717) is 12.8 Å². The molecule has 11 unspecified atom stereocenters. The molecule has 2 heterocycles. The van der Waals surface area contributed by atoms with Gasteiger partial charge in [0.15, 0.2) is 18.7 Å². The standard InChI is InChI=1S/C39H72O15/c1-3-5-7-9-11-13-14-16-18-20-22-31(42)52-27(24-49-30(41)21-19-17-15-12-10-8-6-4-2)25-50-38-37(48)35(46)33(44)29(54-38)26-51-39-36(47)34(45)32(43)28(23-40)53-39/h27-29,32-40,43-48H,3-26H2,1-2H3. The van der Waals surface area contributed by atoms with Crippen LogP contribution in [-0.2, 0) is 38.0 Å². The zero-order chi connectivity index (χ0) is 39.7. The molecule has 54 heavy (non-hydrogen) atoms. The van der Waals surface area contributed by atoms with Gasteiger partial charge in [-0.05, 0) is 12.8 Å². The number of ether oxygens (including phenoxy) is 6. The summed E-state index contributed by atoms with van der Waals surface area (Å²) in [5.41, 5.74) is 0. The molecule has 2 aliphatic rings. The maximum absolute atomic E-state index is 12.8. The van der Waals surface area contributed by atoms with E-state index in [2.05, 4.69) is 13.8 Å². The summed E-state index contributed by atoms with van der Waals surface area (Å²) >= 11 is 0. The average Bonchev–Trinajstić information content (AvgIpc) is 3.16.